The number of nitrogens with zero attached hydrogens (tertiary/aromatic N) is 3. The number of aryl methyl sites for hydroxylation is 1. The van der Waals surface area contributed by atoms with E-state index in [1.165, 1.54) is 0 Å². The number of pyridine rings is 1. The summed E-state index contributed by atoms with van der Waals surface area (Å²) in [5.41, 5.74) is 3.65. The molecule has 2 aromatic heterocycles. The van der Waals surface area contributed by atoms with Crippen LogP contribution in [0.4, 0.5) is 0 Å². The third-order valence-electron chi connectivity index (χ3n) is 3.73. The van der Waals surface area contributed by atoms with Crippen molar-refractivity contribution < 1.29 is 4.79 Å². The first-order valence-corrected chi connectivity index (χ1v) is 7.94. The number of carbonyl (C=O) groups excluding carboxylic acids is 1. The van der Waals surface area contributed by atoms with Crippen molar-refractivity contribution in [1.82, 2.24) is 20.1 Å². The topological polar surface area (TPSA) is 59.8 Å². The number of aromatic nitrogens is 3. The molecular formula is C18H17ClN4O. The molecule has 2 heterocycles. The summed E-state index contributed by atoms with van der Waals surface area (Å²) in [7, 11) is 0. The quantitative estimate of drug-likeness (QED) is 0.791. The van der Waals surface area contributed by atoms with Crippen molar-refractivity contribution in [2.24, 2.45) is 0 Å². The summed E-state index contributed by atoms with van der Waals surface area (Å²) in [6.45, 7) is 4.07. The highest BCUT2D eigenvalue weighted by Gasteiger charge is 2.19. The Balaban J connectivity index is 1.85. The molecule has 0 bridgehead atoms. The first-order valence-electron chi connectivity index (χ1n) is 7.56. The van der Waals surface area contributed by atoms with Gasteiger partial charge in [-0.3, -0.25) is 9.78 Å². The average Bonchev–Trinajstić information content (AvgIpc) is 2.88. The fourth-order valence-electron chi connectivity index (χ4n) is 2.59. The standard InChI is InChI=1S/C18H17ClN4O/c1-12-17(18(24)21-11-15-7-3-4-9-20-15)13(2)23(22-12)16-8-5-6-14(19)10-16/h3-10H,11H2,1-2H3,(H,21,24). The van der Waals surface area contributed by atoms with Crippen LogP contribution in [0.3, 0.4) is 0 Å². The Morgan fingerprint density at radius 1 is 1.21 bits per heavy atom. The zero-order valence-corrected chi connectivity index (χ0v) is 14.2. The molecule has 0 aliphatic rings. The highest BCUT2D eigenvalue weighted by Crippen LogP contribution is 2.20. The van der Waals surface area contributed by atoms with Crippen molar-refractivity contribution in [3.05, 3.63) is 76.3 Å². The molecule has 6 heteroatoms. The predicted octanol–water partition coefficient (Wildman–Crippen LogP) is 3.47. The minimum Gasteiger partial charge on any atom is -0.346 e. The van der Waals surface area contributed by atoms with E-state index >= 15 is 0 Å². The highest BCUT2D eigenvalue weighted by atomic mass is 35.5. The third kappa shape index (κ3) is 3.31. The molecule has 3 aromatic rings. The van der Waals surface area contributed by atoms with Crippen LogP contribution in [0.15, 0.2) is 48.7 Å². The van der Waals surface area contributed by atoms with E-state index in [9.17, 15) is 4.79 Å². The van der Waals surface area contributed by atoms with E-state index < -0.39 is 0 Å². The fourth-order valence-corrected chi connectivity index (χ4v) is 2.78. The number of amides is 1. The minimum atomic E-state index is -0.163. The molecule has 24 heavy (non-hydrogen) atoms. The van der Waals surface area contributed by atoms with Crippen molar-refractivity contribution in [3.63, 3.8) is 0 Å². The van der Waals surface area contributed by atoms with Crippen LogP contribution >= 0.6 is 11.6 Å². The Bertz CT molecular complexity index is 874. The lowest BCUT2D eigenvalue weighted by molar-refractivity contribution is 0.0949. The van der Waals surface area contributed by atoms with Crippen molar-refractivity contribution in [2.75, 3.05) is 0 Å². The molecule has 0 aliphatic carbocycles. The molecule has 0 saturated carbocycles. The molecule has 122 valence electrons. The lowest BCUT2D eigenvalue weighted by atomic mass is 10.2. The second-order valence-corrected chi connectivity index (χ2v) is 5.88. The maximum atomic E-state index is 12.6. The Kier molecular flexibility index (Phi) is 4.62. The molecule has 1 aromatic carbocycles. The van der Waals surface area contributed by atoms with E-state index in [1.807, 2.05) is 50.2 Å². The van der Waals surface area contributed by atoms with Gasteiger partial charge in [-0.15, -0.1) is 0 Å². The lowest BCUT2D eigenvalue weighted by Crippen LogP contribution is -2.24. The Morgan fingerprint density at radius 3 is 2.75 bits per heavy atom. The second-order valence-electron chi connectivity index (χ2n) is 5.44. The number of nitrogens with one attached hydrogen (secondary N) is 1. The van der Waals surface area contributed by atoms with Crippen LogP contribution in [0.2, 0.25) is 5.02 Å². The smallest absolute Gasteiger partial charge is 0.255 e. The Morgan fingerprint density at radius 2 is 2.04 bits per heavy atom. The van der Waals surface area contributed by atoms with Crippen molar-refractivity contribution in [3.8, 4) is 5.69 Å². The molecule has 0 unspecified atom stereocenters. The molecule has 5 nitrogen and oxygen atoms in total. The SMILES string of the molecule is Cc1nn(-c2cccc(Cl)c2)c(C)c1C(=O)NCc1ccccn1. The normalized spacial score (nSPS) is 10.6. The maximum Gasteiger partial charge on any atom is 0.255 e. The lowest BCUT2D eigenvalue weighted by Gasteiger charge is -2.07. The number of carbonyl (C=O) groups is 1. The molecule has 0 fully saturated rings. The molecule has 1 N–H and O–H groups in total. The van der Waals surface area contributed by atoms with Gasteiger partial charge in [-0.25, -0.2) is 4.68 Å². The molecule has 0 spiro atoms. The van der Waals surface area contributed by atoms with Crippen LogP contribution in [0, 0.1) is 13.8 Å². The van der Waals surface area contributed by atoms with E-state index in [0.717, 1.165) is 17.1 Å². The van der Waals surface area contributed by atoms with E-state index in [4.69, 9.17) is 11.6 Å². The zero-order valence-electron chi connectivity index (χ0n) is 13.5. The molecule has 0 atom stereocenters. The second kappa shape index (κ2) is 6.84. The van der Waals surface area contributed by atoms with Crippen LogP contribution in [0.5, 0.6) is 0 Å². The van der Waals surface area contributed by atoms with Crippen LogP contribution in [0.25, 0.3) is 5.69 Å². The summed E-state index contributed by atoms with van der Waals surface area (Å²) in [6, 6.07) is 13.0. The van der Waals surface area contributed by atoms with Gasteiger partial charge in [0, 0.05) is 11.2 Å². The summed E-state index contributed by atoms with van der Waals surface area (Å²) < 4.78 is 1.73. The first-order chi connectivity index (χ1) is 11.6. The summed E-state index contributed by atoms with van der Waals surface area (Å²) >= 11 is 6.05. The third-order valence-corrected chi connectivity index (χ3v) is 3.96. The molecule has 0 aliphatic heterocycles. The number of hydrogen-bond donors (Lipinski definition) is 1. The van der Waals surface area contributed by atoms with Gasteiger partial charge < -0.3 is 5.32 Å². The van der Waals surface area contributed by atoms with Crippen molar-refractivity contribution in [1.29, 1.82) is 0 Å². The fraction of sp³-hybridized carbons (Fsp3) is 0.167. The van der Waals surface area contributed by atoms with Gasteiger partial charge in [-0.2, -0.15) is 5.10 Å². The summed E-state index contributed by atoms with van der Waals surface area (Å²) in [5.74, 6) is -0.163. The van der Waals surface area contributed by atoms with Crippen LogP contribution in [-0.4, -0.2) is 20.7 Å². The molecule has 0 radical (unpaired) electrons. The van der Waals surface area contributed by atoms with E-state index in [0.29, 0.717) is 22.8 Å². The molecule has 1 amide bonds. The predicted molar refractivity (Wildman–Crippen MR) is 93.5 cm³/mol. The largest absolute Gasteiger partial charge is 0.346 e. The monoisotopic (exact) mass is 340 g/mol. The van der Waals surface area contributed by atoms with Gasteiger partial charge in [0.2, 0.25) is 0 Å². The van der Waals surface area contributed by atoms with Crippen LogP contribution < -0.4 is 5.32 Å². The van der Waals surface area contributed by atoms with Crippen LogP contribution in [0.1, 0.15) is 27.4 Å². The van der Waals surface area contributed by atoms with Gasteiger partial charge >= 0.3 is 0 Å². The van der Waals surface area contributed by atoms with E-state index in [-0.39, 0.29) is 5.91 Å². The summed E-state index contributed by atoms with van der Waals surface area (Å²) in [4.78, 5) is 16.8. The average molecular weight is 341 g/mol. The number of halogens is 1. The summed E-state index contributed by atoms with van der Waals surface area (Å²) in [5, 5.41) is 8.00. The van der Waals surface area contributed by atoms with E-state index in [2.05, 4.69) is 15.4 Å². The van der Waals surface area contributed by atoms with Gasteiger partial charge in [-0.1, -0.05) is 23.7 Å². The Hall–Kier alpha value is -2.66. The van der Waals surface area contributed by atoms with E-state index in [1.54, 1.807) is 16.9 Å². The van der Waals surface area contributed by atoms with Gasteiger partial charge in [0.25, 0.3) is 5.91 Å². The number of rotatable bonds is 4. The van der Waals surface area contributed by atoms with Gasteiger partial charge in [-0.05, 0) is 44.2 Å². The first kappa shape index (κ1) is 16.2. The summed E-state index contributed by atoms with van der Waals surface area (Å²) in [6.07, 6.45) is 1.70. The number of hydrogen-bond acceptors (Lipinski definition) is 3. The van der Waals surface area contributed by atoms with Gasteiger partial charge in [0.05, 0.1) is 34.9 Å². The molecule has 3 rings (SSSR count). The van der Waals surface area contributed by atoms with Crippen molar-refractivity contribution >= 4 is 17.5 Å². The van der Waals surface area contributed by atoms with Crippen LogP contribution in [-0.2, 0) is 6.54 Å². The Labute approximate surface area is 145 Å². The number of benzene rings is 1. The molecular weight excluding hydrogens is 324 g/mol. The van der Waals surface area contributed by atoms with Gasteiger partial charge in [0.15, 0.2) is 0 Å². The minimum absolute atomic E-state index is 0.163. The molecule has 0 saturated heterocycles. The zero-order chi connectivity index (χ0) is 17.1. The van der Waals surface area contributed by atoms with Gasteiger partial charge in [0.1, 0.15) is 0 Å². The van der Waals surface area contributed by atoms with Crippen molar-refractivity contribution in [2.45, 2.75) is 20.4 Å². The maximum absolute atomic E-state index is 12.6. The highest BCUT2D eigenvalue weighted by molar-refractivity contribution is 6.30.